The molecule has 22 heavy (non-hydrogen) atoms. The van der Waals surface area contributed by atoms with Crippen LogP contribution in [-0.4, -0.2) is 6.09 Å². The Labute approximate surface area is 133 Å². The summed E-state index contributed by atoms with van der Waals surface area (Å²) in [6.07, 6.45) is -5.31. The van der Waals surface area contributed by atoms with E-state index in [4.69, 9.17) is 4.74 Å². The number of nitrogens with one attached hydrogen (secondary N) is 1. The van der Waals surface area contributed by atoms with Crippen LogP contribution in [-0.2, 0) is 17.5 Å². The molecule has 0 aliphatic carbocycles. The molecule has 0 saturated carbocycles. The minimum absolute atomic E-state index is 0.00659. The summed E-state index contributed by atoms with van der Waals surface area (Å²) >= 11 is 3.08. The lowest BCUT2D eigenvalue weighted by Crippen LogP contribution is -2.15. The van der Waals surface area contributed by atoms with E-state index < -0.39 is 17.8 Å². The van der Waals surface area contributed by atoms with Crippen LogP contribution in [0.5, 0.6) is 0 Å². The van der Waals surface area contributed by atoms with Gasteiger partial charge in [-0.3, -0.25) is 5.32 Å². The summed E-state index contributed by atoms with van der Waals surface area (Å²) in [6, 6.07) is 11.9. The third-order valence-corrected chi connectivity index (χ3v) is 3.43. The Bertz CT molecular complexity index is 660. The third-order valence-electron chi connectivity index (χ3n) is 2.74. The van der Waals surface area contributed by atoms with Gasteiger partial charge >= 0.3 is 12.3 Å². The average molecular weight is 374 g/mol. The molecule has 0 unspecified atom stereocenters. The number of hydrogen-bond donors (Lipinski definition) is 1. The Morgan fingerprint density at radius 1 is 1.14 bits per heavy atom. The van der Waals surface area contributed by atoms with Crippen molar-refractivity contribution in [3.05, 3.63) is 64.1 Å². The van der Waals surface area contributed by atoms with Crippen LogP contribution in [0.1, 0.15) is 11.1 Å². The van der Waals surface area contributed by atoms with Crippen LogP contribution in [0.15, 0.2) is 53.0 Å². The van der Waals surface area contributed by atoms with Gasteiger partial charge < -0.3 is 4.74 Å². The van der Waals surface area contributed by atoms with Crippen LogP contribution < -0.4 is 5.32 Å². The highest BCUT2D eigenvalue weighted by Crippen LogP contribution is 2.34. The fourth-order valence-electron chi connectivity index (χ4n) is 1.67. The summed E-state index contributed by atoms with van der Waals surface area (Å²) in [5.74, 6) is 0. The fraction of sp³-hybridized carbons (Fsp3) is 0.133. The SMILES string of the molecule is O=C(Nc1cc(C(F)(F)F)ccc1Br)OCc1ccccc1. The number of carbonyl (C=O) groups excluding carboxylic acids is 1. The van der Waals surface area contributed by atoms with E-state index in [9.17, 15) is 18.0 Å². The van der Waals surface area contributed by atoms with Gasteiger partial charge in [0.2, 0.25) is 0 Å². The number of anilines is 1. The van der Waals surface area contributed by atoms with Gasteiger partial charge in [0.15, 0.2) is 0 Å². The van der Waals surface area contributed by atoms with Gasteiger partial charge in [-0.15, -0.1) is 0 Å². The Balaban J connectivity index is 2.02. The number of rotatable bonds is 3. The average Bonchev–Trinajstić information content (AvgIpc) is 2.47. The first-order valence-corrected chi connectivity index (χ1v) is 7.00. The highest BCUT2D eigenvalue weighted by Gasteiger charge is 2.31. The van der Waals surface area contributed by atoms with Crippen molar-refractivity contribution in [2.45, 2.75) is 12.8 Å². The summed E-state index contributed by atoms with van der Waals surface area (Å²) in [6.45, 7) is 0.0310. The zero-order valence-electron chi connectivity index (χ0n) is 11.2. The summed E-state index contributed by atoms with van der Waals surface area (Å²) in [4.78, 5) is 11.7. The molecular formula is C15H11BrF3NO2. The molecule has 2 aromatic carbocycles. The lowest BCUT2D eigenvalue weighted by atomic mass is 10.2. The number of halogens is 4. The fourth-order valence-corrected chi connectivity index (χ4v) is 2.01. The van der Waals surface area contributed by atoms with Crippen LogP contribution >= 0.6 is 15.9 Å². The van der Waals surface area contributed by atoms with Gasteiger partial charge in [0.1, 0.15) is 6.61 Å². The molecule has 0 bridgehead atoms. The van der Waals surface area contributed by atoms with Crippen molar-refractivity contribution >= 4 is 27.7 Å². The van der Waals surface area contributed by atoms with Crippen LogP contribution in [0.3, 0.4) is 0 Å². The predicted octanol–water partition coefficient (Wildman–Crippen LogP) is 5.22. The molecule has 0 aliphatic rings. The summed E-state index contributed by atoms with van der Waals surface area (Å²) in [7, 11) is 0. The number of alkyl halides is 3. The minimum Gasteiger partial charge on any atom is -0.444 e. The van der Waals surface area contributed by atoms with Gasteiger partial charge in [0, 0.05) is 4.47 Å². The number of hydrogen-bond acceptors (Lipinski definition) is 2. The maximum atomic E-state index is 12.6. The van der Waals surface area contributed by atoms with E-state index in [0.29, 0.717) is 4.47 Å². The molecule has 1 amide bonds. The van der Waals surface area contributed by atoms with Gasteiger partial charge in [0.25, 0.3) is 0 Å². The molecule has 0 fully saturated rings. The Kier molecular flexibility index (Phi) is 5.07. The second-order valence-corrected chi connectivity index (χ2v) is 5.23. The smallest absolute Gasteiger partial charge is 0.416 e. The molecule has 7 heteroatoms. The van der Waals surface area contributed by atoms with Crippen molar-refractivity contribution in [1.82, 2.24) is 0 Å². The van der Waals surface area contributed by atoms with E-state index in [1.807, 2.05) is 6.07 Å². The lowest BCUT2D eigenvalue weighted by Gasteiger charge is -2.12. The van der Waals surface area contributed by atoms with E-state index in [2.05, 4.69) is 21.2 Å². The van der Waals surface area contributed by atoms with E-state index in [1.165, 1.54) is 6.07 Å². The van der Waals surface area contributed by atoms with E-state index in [0.717, 1.165) is 17.7 Å². The van der Waals surface area contributed by atoms with Crippen molar-refractivity contribution in [1.29, 1.82) is 0 Å². The maximum Gasteiger partial charge on any atom is 0.416 e. The summed E-state index contributed by atoms with van der Waals surface area (Å²) in [5, 5.41) is 2.28. The largest absolute Gasteiger partial charge is 0.444 e. The second-order valence-electron chi connectivity index (χ2n) is 4.38. The monoisotopic (exact) mass is 373 g/mol. The van der Waals surface area contributed by atoms with Crippen LogP contribution in [0.4, 0.5) is 23.7 Å². The molecule has 116 valence electrons. The minimum atomic E-state index is -4.48. The zero-order valence-corrected chi connectivity index (χ0v) is 12.7. The zero-order chi connectivity index (χ0) is 16.2. The molecule has 1 N–H and O–H groups in total. The quantitative estimate of drug-likeness (QED) is 0.801. The normalized spacial score (nSPS) is 11.1. The molecule has 0 heterocycles. The van der Waals surface area contributed by atoms with Crippen molar-refractivity contribution in [2.24, 2.45) is 0 Å². The molecule has 0 aliphatic heterocycles. The van der Waals surface area contributed by atoms with Gasteiger partial charge in [-0.05, 0) is 39.7 Å². The van der Waals surface area contributed by atoms with Crippen molar-refractivity contribution in [3.8, 4) is 0 Å². The maximum absolute atomic E-state index is 12.6. The first-order valence-electron chi connectivity index (χ1n) is 6.21. The van der Waals surface area contributed by atoms with Crippen LogP contribution in [0.25, 0.3) is 0 Å². The van der Waals surface area contributed by atoms with Crippen molar-refractivity contribution in [3.63, 3.8) is 0 Å². The molecule has 3 nitrogen and oxygen atoms in total. The molecule has 0 aromatic heterocycles. The molecule has 2 rings (SSSR count). The van der Waals surface area contributed by atoms with Crippen LogP contribution in [0.2, 0.25) is 0 Å². The predicted molar refractivity (Wildman–Crippen MR) is 79.4 cm³/mol. The summed E-state index contributed by atoms with van der Waals surface area (Å²) < 4.78 is 43.2. The molecule has 2 aromatic rings. The molecular weight excluding hydrogens is 363 g/mol. The van der Waals surface area contributed by atoms with Crippen LogP contribution in [0, 0.1) is 0 Å². The third kappa shape index (κ3) is 4.49. The Morgan fingerprint density at radius 2 is 1.82 bits per heavy atom. The standard InChI is InChI=1S/C15H11BrF3NO2/c16-12-7-6-11(15(17,18)19)8-13(12)20-14(21)22-9-10-4-2-1-3-5-10/h1-8H,9H2,(H,20,21). The lowest BCUT2D eigenvalue weighted by molar-refractivity contribution is -0.137. The molecule has 0 spiro atoms. The highest BCUT2D eigenvalue weighted by molar-refractivity contribution is 9.10. The Hall–Kier alpha value is -2.02. The number of benzene rings is 2. The van der Waals surface area contributed by atoms with Crippen molar-refractivity contribution in [2.75, 3.05) is 5.32 Å². The van der Waals surface area contributed by atoms with Gasteiger partial charge in [0.05, 0.1) is 11.3 Å². The van der Waals surface area contributed by atoms with Gasteiger partial charge in [-0.25, -0.2) is 4.79 Å². The highest BCUT2D eigenvalue weighted by atomic mass is 79.9. The molecule has 0 atom stereocenters. The number of ether oxygens (including phenoxy) is 1. The first kappa shape index (κ1) is 16.4. The summed E-state index contributed by atoms with van der Waals surface area (Å²) in [5.41, 5.74) is -0.0808. The Morgan fingerprint density at radius 3 is 2.45 bits per heavy atom. The van der Waals surface area contributed by atoms with Crippen molar-refractivity contribution < 1.29 is 22.7 Å². The molecule has 0 saturated heterocycles. The number of amides is 1. The van der Waals surface area contributed by atoms with E-state index in [-0.39, 0.29) is 12.3 Å². The van der Waals surface area contributed by atoms with E-state index in [1.54, 1.807) is 24.3 Å². The number of carbonyl (C=O) groups is 1. The first-order chi connectivity index (χ1) is 10.4. The van der Waals surface area contributed by atoms with Gasteiger partial charge in [-0.2, -0.15) is 13.2 Å². The van der Waals surface area contributed by atoms with E-state index >= 15 is 0 Å². The molecule has 0 radical (unpaired) electrons. The topological polar surface area (TPSA) is 38.3 Å². The second kappa shape index (κ2) is 6.83. The van der Waals surface area contributed by atoms with Gasteiger partial charge in [-0.1, -0.05) is 30.3 Å².